The van der Waals surface area contributed by atoms with E-state index in [-0.39, 0.29) is 75.9 Å². The third kappa shape index (κ3) is 3.25. The fourth-order valence-electron chi connectivity index (χ4n) is 3.02. The standard InChI is InChI=1S/C20H14O2.HI.Sm/c21-17-11-9-13-5-1-3-7-15(13)19(17)20-16-8-4-2-6-14(16)10-12-18(20)22;;/h1-12,21-22H;1H;/q;;+3/p-3. The van der Waals surface area contributed by atoms with Crippen molar-refractivity contribution in [3.63, 3.8) is 0 Å². The van der Waals surface area contributed by atoms with Crippen molar-refractivity contribution in [3.8, 4) is 22.6 Å². The van der Waals surface area contributed by atoms with Gasteiger partial charge in [0.25, 0.3) is 0 Å². The fraction of sp³-hybridized carbons (Fsp3) is 0. The molecule has 0 heterocycles. The van der Waals surface area contributed by atoms with Gasteiger partial charge in [0.05, 0.1) is 0 Å². The van der Waals surface area contributed by atoms with Crippen molar-refractivity contribution in [1.29, 1.82) is 0 Å². The Balaban J connectivity index is 0.00000104. The predicted octanol–water partition coefficient (Wildman–Crippen LogP) is 0.811. The summed E-state index contributed by atoms with van der Waals surface area (Å²) >= 11 is 0. The Bertz CT molecular complexity index is 931. The molecule has 0 bridgehead atoms. The summed E-state index contributed by atoms with van der Waals surface area (Å²) < 4.78 is 0. The summed E-state index contributed by atoms with van der Waals surface area (Å²) in [6.45, 7) is 0. The molecule has 0 N–H and O–H groups in total. The van der Waals surface area contributed by atoms with Crippen LogP contribution < -0.4 is 34.2 Å². The number of hydrogen-bond acceptors (Lipinski definition) is 2. The van der Waals surface area contributed by atoms with Crippen LogP contribution in [0.15, 0.2) is 72.8 Å². The molecule has 0 aliphatic carbocycles. The van der Waals surface area contributed by atoms with Crippen LogP contribution in [-0.4, -0.2) is 0 Å². The molecule has 0 atom stereocenters. The van der Waals surface area contributed by atoms with Crippen molar-refractivity contribution in [2.75, 3.05) is 0 Å². The second-order valence-corrected chi connectivity index (χ2v) is 5.32. The van der Waals surface area contributed by atoms with Crippen LogP contribution in [0.2, 0.25) is 0 Å². The van der Waals surface area contributed by atoms with Gasteiger partial charge in [0.1, 0.15) is 0 Å². The van der Waals surface area contributed by atoms with Gasteiger partial charge >= 0.3 is 40.4 Å². The average molecular weight is 562 g/mol. The Hall–Kier alpha value is -0.932. The Morgan fingerprint density at radius 2 is 0.875 bits per heavy atom. The van der Waals surface area contributed by atoms with Gasteiger partial charge in [-0.2, -0.15) is 0 Å². The number of fused-ring (bicyclic) bond motifs is 2. The minimum absolute atomic E-state index is 0. The Kier molecular flexibility index (Phi) is 6.44. The van der Waals surface area contributed by atoms with E-state index in [0.717, 1.165) is 21.5 Å². The first kappa shape index (κ1) is 19.4. The van der Waals surface area contributed by atoms with Gasteiger partial charge in [-0.25, -0.2) is 0 Å². The van der Waals surface area contributed by atoms with Crippen molar-refractivity contribution < 1.29 is 74.6 Å². The molecule has 0 unspecified atom stereocenters. The summed E-state index contributed by atoms with van der Waals surface area (Å²) in [5.74, 6) is -0.237. The van der Waals surface area contributed by atoms with Crippen LogP contribution >= 0.6 is 0 Å². The van der Waals surface area contributed by atoms with Gasteiger partial charge < -0.3 is 34.2 Å². The van der Waals surface area contributed by atoms with E-state index in [2.05, 4.69) is 0 Å². The monoisotopic (exact) mass is 563 g/mol. The first-order valence-electron chi connectivity index (χ1n) is 7.13. The zero-order valence-electron chi connectivity index (χ0n) is 12.5. The maximum absolute atomic E-state index is 12.5. The summed E-state index contributed by atoms with van der Waals surface area (Å²) in [5.41, 5.74) is 1.000. The Morgan fingerprint density at radius 3 is 1.29 bits per heavy atom. The third-order valence-electron chi connectivity index (χ3n) is 4.03. The predicted molar refractivity (Wildman–Crippen MR) is 85.8 cm³/mol. The molecule has 4 rings (SSSR count). The van der Waals surface area contributed by atoms with Crippen molar-refractivity contribution in [1.82, 2.24) is 0 Å². The third-order valence-corrected chi connectivity index (χ3v) is 4.03. The van der Waals surface area contributed by atoms with E-state index < -0.39 is 0 Å². The molecule has 117 valence electrons. The second kappa shape index (κ2) is 7.96. The molecule has 4 aromatic carbocycles. The number of halogens is 1. The summed E-state index contributed by atoms with van der Waals surface area (Å²) in [6, 6.07) is 22.0. The van der Waals surface area contributed by atoms with Gasteiger partial charge in [0.15, 0.2) is 0 Å². The van der Waals surface area contributed by atoms with Crippen LogP contribution in [0.5, 0.6) is 11.5 Å². The van der Waals surface area contributed by atoms with Crippen LogP contribution in [0.1, 0.15) is 0 Å². The van der Waals surface area contributed by atoms with E-state index >= 15 is 0 Å². The molecule has 4 aromatic rings. The van der Waals surface area contributed by atoms with Gasteiger partial charge in [-0.15, -0.1) is 11.5 Å². The van der Waals surface area contributed by atoms with E-state index in [4.69, 9.17) is 0 Å². The van der Waals surface area contributed by atoms with E-state index in [1.165, 1.54) is 0 Å². The number of benzene rings is 4. The second-order valence-electron chi connectivity index (χ2n) is 5.32. The van der Waals surface area contributed by atoms with Crippen molar-refractivity contribution in [2.24, 2.45) is 0 Å². The largest absolute Gasteiger partial charge is 3.00 e. The van der Waals surface area contributed by atoms with Crippen LogP contribution in [0.4, 0.5) is 0 Å². The van der Waals surface area contributed by atoms with Gasteiger partial charge in [0.2, 0.25) is 0 Å². The van der Waals surface area contributed by atoms with Crippen LogP contribution in [0.25, 0.3) is 32.7 Å². The zero-order valence-corrected chi connectivity index (χ0v) is 17.3. The van der Waals surface area contributed by atoms with Gasteiger partial charge in [0, 0.05) is 0 Å². The molecule has 0 aliphatic rings. The Labute approximate surface area is 189 Å². The minimum Gasteiger partial charge on any atom is -1.00 e. The molecule has 0 saturated heterocycles. The van der Waals surface area contributed by atoms with E-state index in [1.807, 2.05) is 48.5 Å². The maximum Gasteiger partial charge on any atom is 3.00 e. The number of hydrogen-bond donors (Lipinski definition) is 0. The Morgan fingerprint density at radius 1 is 0.500 bits per heavy atom. The maximum atomic E-state index is 12.5. The van der Waals surface area contributed by atoms with Crippen LogP contribution in [0, 0.1) is 40.4 Å². The van der Waals surface area contributed by atoms with Crippen molar-refractivity contribution in [3.05, 3.63) is 72.8 Å². The summed E-state index contributed by atoms with van der Waals surface area (Å²) in [5, 5.41) is 28.6. The first-order chi connectivity index (χ1) is 10.8. The smallest absolute Gasteiger partial charge is 1.00 e. The molecular weight excluding hydrogens is 549 g/mol. The summed E-state index contributed by atoms with van der Waals surface area (Å²) in [4.78, 5) is 0. The van der Waals surface area contributed by atoms with Crippen molar-refractivity contribution >= 4 is 21.5 Å². The SMILES string of the molecule is [I-].[O-]c1ccc2ccccc2c1-c1c([O-])ccc2ccccc12.[Sm+3]. The molecule has 0 aromatic heterocycles. The average Bonchev–Trinajstić information content (AvgIpc) is 2.56. The van der Waals surface area contributed by atoms with Crippen molar-refractivity contribution in [2.45, 2.75) is 0 Å². The molecular formula is C20H12IO2Sm. The molecule has 1 radical (unpaired) electrons. The van der Waals surface area contributed by atoms with E-state index in [9.17, 15) is 10.2 Å². The van der Waals surface area contributed by atoms with Gasteiger partial charge in [-0.3, -0.25) is 0 Å². The molecule has 24 heavy (non-hydrogen) atoms. The molecule has 0 saturated carbocycles. The topological polar surface area (TPSA) is 46.1 Å². The zero-order chi connectivity index (χ0) is 15.1. The normalized spacial score (nSPS) is 10.2. The minimum atomic E-state index is -0.118. The molecule has 0 aliphatic heterocycles. The molecule has 0 fully saturated rings. The van der Waals surface area contributed by atoms with Gasteiger partial charge in [-0.1, -0.05) is 72.8 Å². The summed E-state index contributed by atoms with van der Waals surface area (Å²) in [6.07, 6.45) is 0. The quantitative estimate of drug-likeness (QED) is 0.323. The van der Waals surface area contributed by atoms with Crippen LogP contribution in [0.3, 0.4) is 0 Å². The fourth-order valence-corrected chi connectivity index (χ4v) is 3.02. The van der Waals surface area contributed by atoms with Gasteiger partial charge in [-0.05, 0) is 32.7 Å². The van der Waals surface area contributed by atoms with E-state index in [0.29, 0.717) is 11.1 Å². The number of rotatable bonds is 1. The first-order valence-corrected chi connectivity index (χ1v) is 7.13. The summed E-state index contributed by atoms with van der Waals surface area (Å²) in [7, 11) is 0. The molecule has 0 amide bonds. The van der Waals surface area contributed by atoms with E-state index in [1.54, 1.807) is 24.3 Å². The van der Waals surface area contributed by atoms with Crippen LogP contribution in [-0.2, 0) is 0 Å². The molecule has 0 spiro atoms. The molecule has 2 nitrogen and oxygen atoms in total. The molecule has 4 heteroatoms.